The third-order valence-electron chi connectivity index (χ3n) is 4.20. The van der Waals surface area contributed by atoms with Crippen LogP contribution in [-0.4, -0.2) is 27.2 Å². The van der Waals surface area contributed by atoms with E-state index in [-0.39, 0.29) is 23.6 Å². The van der Waals surface area contributed by atoms with Gasteiger partial charge in [-0.05, 0) is 32.4 Å². The monoisotopic (exact) mass is 300 g/mol. The topological polar surface area (TPSA) is 72.2 Å². The van der Waals surface area contributed by atoms with Gasteiger partial charge in [0, 0.05) is 12.6 Å². The fourth-order valence-corrected chi connectivity index (χ4v) is 3.31. The van der Waals surface area contributed by atoms with Crippen molar-refractivity contribution in [3.63, 3.8) is 0 Å². The largest absolute Gasteiger partial charge is 0.302 e. The Morgan fingerprint density at radius 2 is 1.91 bits per heavy atom. The zero-order valence-electron chi connectivity index (χ0n) is 13.0. The van der Waals surface area contributed by atoms with Crippen LogP contribution in [0.5, 0.6) is 0 Å². The van der Waals surface area contributed by atoms with Gasteiger partial charge in [-0.1, -0.05) is 18.2 Å². The number of benzene rings is 1. The number of carbonyl (C=O) groups excluding carboxylic acids is 1. The summed E-state index contributed by atoms with van der Waals surface area (Å²) in [5, 5.41) is 9.14. The number of H-pyrrole nitrogens is 2. The first kappa shape index (κ1) is 14.4. The maximum absolute atomic E-state index is 12.3. The lowest BCUT2D eigenvalue weighted by atomic mass is 10.0. The van der Waals surface area contributed by atoms with Gasteiger partial charge in [-0.25, -0.2) is 5.01 Å². The quantitative estimate of drug-likeness (QED) is 0.892. The Morgan fingerprint density at radius 3 is 2.45 bits per heavy atom. The maximum atomic E-state index is 12.3. The summed E-state index contributed by atoms with van der Waals surface area (Å²) < 4.78 is 0. The van der Waals surface area contributed by atoms with Gasteiger partial charge in [-0.15, -0.1) is 0 Å². The summed E-state index contributed by atoms with van der Waals surface area (Å²) in [5.41, 5.74) is 2.22. The molecular weight excluding hydrogens is 280 g/mol. The highest BCUT2D eigenvalue weighted by molar-refractivity contribution is 5.77. The molecule has 1 saturated heterocycles. The van der Waals surface area contributed by atoms with Crippen LogP contribution in [-0.2, 0) is 4.79 Å². The predicted molar refractivity (Wildman–Crippen MR) is 84.4 cm³/mol. The minimum Gasteiger partial charge on any atom is -0.302 e. The van der Waals surface area contributed by atoms with E-state index in [1.807, 2.05) is 42.3 Å². The Morgan fingerprint density at radius 1 is 1.23 bits per heavy atom. The molecule has 1 aromatic heterocycles. The number of carbonyl (C=O) groups is 1. The Labute approximate surface area is 128 Å². The molecule has 0 saturated carbocycles. The number of anilines is 1. The molecule has 1 aromatic carbocycles. The van der Waals surface area contributed by atoms with Crippen molar-refractivity contribution < 1.29 is 4.79 Å². The van der Waals surface area contributed by atoms with Gasteiger partial charge in [0.05, 0.1) is 23.3 Å². The third kappa shape index (κ3) is 2.20. The van der Waals surface area contributed by atoms with Gasteiger partial charge in [-0.2, -0.15) is 0 Å². The minimum atomic E-state index is -0.247. The molecule has 6 heteroatoms. The van der Waals surface area contributed by atoms with E-state index in [4.69, 9.17) is 0 Å². The maximum Gasteiger partial charge on any atom is 0.269 e. The molecule has 2 aromatic rings. The van der Waals surface area contributed by atoms with Crippen molar-refractivity contribution in [1.29, 1.82) is 0 Å². The van der Waals surface area contributed by atoms with E-state index in [0.29, 0.717) is 5.56 Å². The lowest BCUT2D eigenvalue weighted by Crippen LogP contribution is -2.44. The van der Waals surface area contributed by atoms with E-state index in [9.17, 15) is 9.59 Å². The first-order valence-electron chi connectivity index (χ1n) is 7.42. The molecule has 0 aliphatic carbocycles. The molecule has 2 unspecified atom stereocenters. The van der Waals surface area contributed by atoms with E-state index in [1.54, 1.807) is 5.01 Å². The number of hydrogen-bond acceptors (Lipinski definition) is 3. The zero-order chi connectivity index (χ0) is 15.9. The average Bonchev–Trinajstić information content (AvgIpc) is 2.99. The molecule has 0 radical (unpaired) electrons. The molecule has 1 aliphatic heterocycles. The smallest absolute Gasteiger partial charge is 0.269 e. The molecular formula is C16H20N4O2. The van der Waals surface area contributed by atoms with Gasteiger partial charge >= 0.3 is 0 Å². The van der Waals surface area contributed by atoms with E-state index < -0.39 is 0 Å². The van der Waals surface area contributed by atoms with Crippen LogP contribution in [0.1, 0.15) is 37.6 Å². The first-order chi connectivity index (χ1) is 10.5. The second-order valence-electron chi connectivity index (χ2n) is 5.76. The standard InChI is InChI=1S/C16H20N4O2/c1-10-9-14(15-11(2)17-18-16(15)22)20(12(3)21)19(10)13-7-5-4-6-8-13/h4-8,10,14H,9H2,1-3H3,(H2,17,18,22). The number of nitrogens with zero attached hydrogens (tertiary/aromatic N) is 2. The summed E-state index contributed by atoms with van der Waals surface area (Å²) in [6.07, 6.45) is 0.718. The second-order valence-corrected chi connectivity index (χ2v) is 5.76. The SMILES string of the molecule is CC(=O)N1C(c2c(C)[nH][nH]c2=O)CC(C)N1c1ccccc1. The van der Waals surface area contributed by atoms with Crippen LogP contribution in [0.4, 0.5) is 5.69 Å². The fourth-order valence-electron chi connectivity index (χ4n) is 3.31. The highest BCUT2D eigenvalue weighted by Gasteiger charge is 2.41. The summed E-state index contributed by atoms with van der Waals surface area (Å²) in [6.45, 7) is 5.46. The van der Waals surface area contributed by atoms with Crippen molar-refractivity contribution in [1.82, 2.24) is 15.2 Å². The van der Waals surface area contributed by atoms with E-state index in [2.05, 4.69) is 17.1 Å². The second kappa shape index (κ2) is 5.36. The van der Waals surface area contributed by atoms with Crippen LogP contribution < -0.4 is 10.6 Å². The van der Waals surface area contributed by atoms with Crippen molar-refractivity contribution in [2.24, 2.45) is 0 Å². The molecule has 1 fully saturated rings. The van der Waals surface area contributed by atoms with Gasteiger partial charge in [-0.3, -0.25) is 19.7 Å². The molecule has 2 atom stereocenters. The molecule has 22 heavy (non-hydrogen) atoms. The molecule has 1 amide bonds. The van der Waals surface area contributed by atoms with E-state index in [0.717, 1.165) is 17.8 Å². The number of rotatable bonds is 2. The highest BCUT2D eigenvalue weighted by atomic mass is 16.2. The number of hydrogen-bond donors (Lipinski definition) is 2. The van der Waals surface area contributed by atoms with Crippen LogP contribution in [0, 0.1) is 6.92 Å². The van der Waals surface area contributed by atoms with Crippen molar-refractivity contribution in [3.8, 4) is 0 Å². The van der Waals surface area contributed by atoms with Crippen molar-refractivity contribution in [3.05, 3.63) is 51.9 Å². The number of aromatic amines is 2. The van der Waals surface area contributed by atoms with Crippen LogP contribution in [0.3, 0.4) is 0 Å². The molecule has 0 spiro atoms. The Kier molecular flexibility index (Phi) is 3.52. The van der Waals surface area contributed by atoms with Crippen molar-refractivity contribution in [2.45, 2.75) is 39.3 Å². The Bertz CT molecular complexity index is 734. The third-order valence-corrected chi connectivity index (χ3v) is 4.20. The normalized spacial score (nSPS) is 21.4. The van der Waals surface area contributed by atoms with Crippen LogP contribution in [0.25, 0.3) is 0 Å². The number of nitrogens with one attached hydrogen (secondary N) is 2. The Balaban J connectivity index is 2.07. The van der Waals surface area contributed by atoms with Gasteiger partial charge in [0.2, 0.25) is 5.91 Å². The molecule has 2 heterocycles. The van der Waals surface area contributed by atoms with Crippen molar-refractivity contribution in [2.75, 3.05) is 5.01 Å². The van der Waals surface area contributed by atoms with Crippen LogP contribution in [0.2, 0.25) is 0 Å². The lowest BCUT2D eigenvalue weighted by molar-refractivity contribution is -0.130. The van der Waals surface area contributed by atoms with Gasteiger partial charge in [0.25, 0.3) is 5.56 Å². The van der Waals surface area contributed by atoms with Gasteiger partial charge in [0.1, 0.15) is 0 Å². The lowest BCUT2D eigenvalue weighted by Gasteiger charge is -2.34. The Hall–Kier alpha value is -2.50. The molecule has 1 aliphatic rings. The zero-order valence-corrected chi connectivity index (χ0v) is 13.0. The highest BCUT2D eigenvalue weighted by Crippen LogP contribution is 2.38. The summed E-state index contributed by atoms with van der Waals surface area (Å²) in [6, 6.07) is 9.67. The molecule has 3 rings (SSSR count). The number of amides is 1. The first-order valence-corrected chi connectivity index (χ1v) is 7.42. The average molecular weight is 300 g/mol. The summed E-state index contributed by atoms with van der Waals surface area (Å²) >= 11 is 0. The fraction of sp³-hybridized carbons (Fsp3) is 0.375. The molecule has 2 N–H and O–H groups in total. The number of aromatic nitrogens is 2. The number of hydrazine groups is 1. The molecule has 116 valence electrons. The summed E-state index contributed by atoms with van der Waals surface area (Å²) in [4.78, 5) is 24.4. The van der Waals surface area contributed by atoms with E-state index >= 15 is 0 Å². The molecule has 6 nitrogen and oxygen atoms in total. The number of aryl methyl sites for hydroxylation is 1. The number of para-hydroxylation sites is 1. The predicted octanol–water partition coefficient (Wildman–Crippen LogP) is 2.11. The van der Waals surface area contributed by atoms with Gasteiger partial charge in [0.15, 0.2) is 0 Å². The van der Waals surface area contributed by atoms with Crippen LogP contribution in [0.15, 0.2) is 35.1 Å². The van der Waals surface area contributed by atoms with Crippen molar-refractivity contribution >= 4 is 11.6 Å². The summed E-state index contributed by atoms with van der Waals surface area (Å²) in [5.74, 6) is -0.0711. The van der Waals surface area contributed by atoms with Crippen LogP contribution >= 0.6 is 0 Å². The van der Waals surface area contributed by atoms with E-state index in [1.165, 1.54) is 6.92 Å². The minimum absolute atomic E-state index is 0.0711. The molecule has 0 bridgehead atoms. The summed E-state index contributed by atoms with van der Waals surface area (Å²) in [7, 11) is 0. The van der Waals surface area contributed by atoms with Gasteiger partial charge < -0.3 is 5.10 Å².